The van der Waals surface area contributed by atoms with Crippen LogP contribution in [0.15, 0.2) is 12.1 Å². The van der Waals surface area contributed by atoms with E-state index in [0.29, 0.717) is 24.3 Å². The van der Waals surface area contributed by atoms with Crippen LogP contribution in [0.3, 0.4) is 0 Å². The number of nitrogens with one attached hydrogen (secondary N) is 1. The summed E-state index contributed by atoms with van der Waals surface area (Å²) >= 11 is 1.21. The maximum atomic E-state index is 13.8. The Kier molecular flexibility index (Phi) is 8.75. The zero-order chi connectivity index (χ0) is 23.3. The maximum Gasteiger partial charge on any atom is 0.326 e. The first-order chi connectivity index (χ1) is 14.5. The molecule has 0 spiro atoms. The van der Waals surface area contributed by atoms with E-state index in [2.05, 4.69) is 5.32 Å². The number of aliphatic carboxylic acids is 1. The molecule has 0 saturated carbocycles. The Bertz CT molecular complexity index is 842. The van der Waals surface area contributed by atoms with Crippen molar-refractivity contribution in [3.05, 3.63) is 35.1 Å². The summed E-state index contributed by atoms with van der Waals surface area (Å²) < 4.78 is 40.2. The molecule has 4 atom stereocenters. The van der Waals surface area contributed by atoms with Crippen LogP contribution in [0.4, 0.5) is 13.2 Å². The molecular formula is C20H26F3N3O4S. The Balaban J connectivity index is 2.01. The maximum absolute atomic E-state index is 13.8. The van der Waals surface area contributed by atoms with Crippen molar-refractivity contribution in [2.75, 3.05) is 12.3 Å². The molecule has 172 valence electrons. The second-order valence-electron chi connectivity index (χ2n) is 7.55. The van der Waals surface area contributed by atoms with Crippen molar-refractivity contribution >= 4 is 29.5 Å². The summed E-state index contributed by atoms with van der Waals surface area (Å²) in [5.41, 5.74) is 5.76. The average Bonchev–Trinajstić information content (AvgIpc) is 3.19. The molecule has 4 N–H and O–H groups in total. The van der Waals surface area contributed by atoms with Crippen molar-refractivity contribution in [3.63, 3.8) is 0 Å². The van der Waals surface area contributed by atoms with Gasteiger partial charge < -0.3 is 21.1 Å². The van der Waals surface area contributed by atoms with Crippen LogP contribution in [0, 0.1) is 23.4 Å². The number of rotatable bonds is 9. The quantitative estimate of drug-likeness (QED) is 0.484. The lowest BCUT2D eigenvalue weighted by Crippen LogP contribution is -2.52. The summed E-state index contributed by atoms with van der Waals surface area (Å²) in [6.45, 7) is 3.79. The van der Waals surface area contributed by atoms with Gasteiger partial charge in [0.05, 0.1) is 0 Å². The number of hydrogen-bond donors (Lipinski definition) is 3. The number of benzene rings is 1. The molecule has 1 fully saturated rings. The fourth-order valence-corrected chi connectivity index (χ4v) is 4.41. The number of carboxylic acids is 1. The number of carbonyl (C=O) groups excluding carboxylic acids is 2. The van der Waals surface area contributed by atoms with Crippen molar-refractivity contribution < 1.29 is 32.7 Å². The van der Waals surface area contributed by atoms with Gasteiger partial charge in [-0.05, 0) is 24.0 Å². The number of nitrogens with zero attached hydrogens (tertiary/aromatic N) is 1. The molecule has 11 heteroatoms. The average molecular weight is 462 g/mol. The molecule has 2 amide bonds. The first kappa shape index (κ1) is 25.0. The third kappa shape index (κ3) is 6.36. The monoisotopic (exact) mass is 461 g/mol. The van der Waals surface area contributed by atoms with Crippen molar-refractivity contribution in [2.24, 2.45) is 11.7 Å². The predicted molar refractivity (Wildman–Crippen MR) is 110 cm³/mol. The molecule has 2 rings (SSSR count). The van der Waals surface area contributed by atoms with Gasteiger partial charge in [0.25, 0.3) is 5.91 Å². The molecule has 1 aromatic rings. The van der Waals surface area contributed by atoms with Crippen molar-refractivity contribution in [2.45, 2.75) is 50.6 Å². The SMILES string of the molecule is CCC(C)C(NC(=O)C1SCCN1C(=O)CC(N)Cc1cc(F)c(F)cc1F)C(=O)O. The molecule has 0 radical (unpaired) electrons. The van der Waals surface area contributed by atoms with E-state index in [1.165, 1.54) is 16.7 Å². The topological polar surface area (TPSA) is 113 Å². The summed E-state index contributed by atoms with van der Waals surface area (Å²) in [6, 6.07) is -0.826. The summed E-state index contributed by atoms with van der Waals surface area (Å²) in [5, 5.41) is 11.0. The fourth-order valence-electron chi connectivity index (χ4n) is 3.27. The smallest absolute Gasteiger partial charge is 0.326 e. The Labute approximate surface area is 182 Å². The zero-order valence-corrected chi connectivity index (χ0v) is 18.1. The second kappa shape index (κ2) is 10.9. The normalized spacial score (nSPS) is 19.0. The van der Waals surface area contributed by atoms with Gasteiger partial charge in [-0.2, -0.15) is 0 Å². The number of carboxylic acid groups (broad SMARTS) is 1. The minimum atomic E-state index is -1.31. The Morgan fingerprint density at radius 2 is 1.90 bits per heavy atom. The van der Waals surface area contributed by atoms with Gasteiger partial charge in [-0.3, -0.25) is 9.59 Å². The summed E-state index contributed by atoms with van der Waals surface area (Å²) in [6.07, 6.45) is 0.116. The van der Waals surface area contributed by atoms with Gasteiger partial charge in [0.15, 0.2) is 17.0 Å². The highest BCUT2D eigenvalue weighted by atomic mass is 32.2. The van der Waals surface area contributed by atoms with Crippen LogP contribution in [-0.4, -0.2) is 57.5 Å². The van der Waals surface area contributed by atoms with Crippen LogP contribution in [0.5, 0.6) is 0 Å². The third-order valence-corrected chi connectivity index (χ3v) is 6.42. The molecule has 1 saturated heterocycles. The molecule has 31 heavy (non-hydrogen) atoms. The van der Waals surface area contributed by atoms with E-state index >= 15 is 0 Å². The van der Waals surface area contributed by atoms with Crippen LogP contribution in [-0.2, 0) is 20.8 Å². The van der Waals surface area contributed by atoms with E-state index in [0.717, 1.165) is 0 Å². The molecular weight excluding hydrogens is 435 g/mol. The minimum absolute atomic E-state index is 0.151. The Hall–Kier alpha value is -2.27. The molecule has 1 aliphatic heterocycles. The van der Waals surface area contributed by atoms with Crippen LogP contribution in [0.25, 0.3) is 0 Å². The van der Waals surface area contributed by atoms with E-state index in [9.17, 15) is 32.7 Å². The third-order valence-electron chi connectivity index (χ3n) is 5.22. The van der Waals surface area contributed by atoms with Crippen molar-refractivity contribution in [1.82, 2.24) is 10.2 Å². The first-order valence-electron chi connectivity index (χ1n) is 9.88. The lowest BCUT2D eigenvalue weighted by Gasteiger charge is -2.27. The van der Waals surface area contributed by atoms with Gasteiger partial charge >= 0.3 is 5.97 Å². The number of carbonyl (C=O) groups is 3. The van der Waals surface area contributed by atoms with E-state index in [1.807, 2.05) is 6.92 Å². The number of halogens is 3. The molecule has 1 aromatic carbocycles. The van der Waals surface area contributed by atoms with Crippen LogP contribution in [0.2, 0.25) is 0 Å². The van der Waals surface area contributed by atoms with E-state index < -0.39 is 52.7 Å². The van der Waals surface area contributed by atoms with Crippen LogP contribution in [0.1, 0.15) is 32.3 Å². The molecule has 4 unspecified atom stereocenters. The predicted octanol–water partition coefficient (Wildman–Crippen LogP) is 1.88. The summed E-state index contributed by atoms with van der Waals surface area (Å²) in [4.78, 5) is 38.1. The van der Waals surface area contributed by atoms with Gasteiger partial charge in [-0.15, -0.1) is 11.8 Å². The number of amides is 2. The zero-order valence-electron chi connectivity index (χ0n) is 17.2. The standard InChI is InChI=1S/C20H26F3N3O4S/c1-3-10(2)17(20(29)30)25-18(28)19-26(4-5-31-19)16(27)8-12(24)6-11-7-14(22)15(23)9-13(11)21/h7,9-10,12,17,19H,3-6,8,24H2,1-2H3,(H,25,28)(H,29,30). The molecule has 0 bridgehead atoms. The van der Waals surface area contributed by atoms with Gasteiger partial charge in [0.1, 0.15) is 11.9 Å². The van der Waals surface area contributed by atoms with Gasteiger partial charge in [0, 0.05) is 30.8 Å². The minimum Gasteiger partial charge on any atom is -0.480 e. The van der Waals surface area contributed by atoms with E-state index in [4.69, 9.17) is 5.73 Å². The highest BCUT2D eigenvalue weighted by Gasteiger charge is 2.37. The van der Waals surface area contributed by atoms with Crippen LogP contribution < -0.4 is 11.1 Å². The fraction of sp³-hybridized carbons (Fsp3) is 0.550. The van der Waals surface area contributed by atoms with Gasteiger partial charge in [-0.1, -0.05) is 20.3 Å². The molecule has 1 heterocycles. The van der Waals surface area contributed by atoms with Gasteiger partial charge in [-0.25, -0.2) is 18.0 Å². The Morgan fingerprint density at radius 3 is 2.52 bits per heavy atom. The summed E-state index contributed by atoms with van der Waals surface area (Å²) in [7, 11) is 0. The van der Waals surface area contributed by atoms with E-state index in [-0.39, 0.29) is 30.9 Å². The highest BCUT2D eigenvalue weighted by molar-refractivity contribution is 8.00. The molecule has 1 aliphatic rings. The number of hydrogen-bond acceptors (Lipinski definition) is 5. The Morgan fingerprint density at radius 1 is 1.26 bits per heavy atom. The molecule has 0 aromatic heterocycles. The molecule has 0 aliphatic carbocycles. The summed E-state index contributed by atoms with van der Waals surface area (Å²) in [5.74, 6) is -5.49. The van der Waals surface area contributed by atoms with E-state index in [1.54, 1.807) is 6.92 Å². The largest absolute Gasteiger partial charge is 0.480 e. The highest BCUT2D eigenvalue weighted by Crippen LogP contribution is 2.26. The lowest BCUT2D eigenvalue weighted by molar-refractivity contribution is -0.144. The second-order valence-corrected chi connectivity index (χ2v) is 8.73. The number of thioether (sulfide) groups is 1. The van der Waals surface area contributed by atoms with Crippen molar-refractivity contribution in [1.29, 1.82) is 0 Å². The molecule has 7 nitrogen and oxygen atoms in total. The number of nitrogens with two attached hydrogens (primary N) is 1. The van der Waals surface area contributed by atoms with Crippen molar-refractivity contribution in [3.8, 4) is 0 Å². The first-order valence-corrected chi connectivity index (χ1v) is 10.9. The van der Waals surface area contributed by atoms with Crippen LogP contribution >= 0.6 is 11.8 Å². The van der Waals surface area contributed by atoms with Gasteiger partial charge in [0.2, 0.25) is 5.91 Å². The lowest BCUT2D eigenvalue weighted by atomic mass is 9.99.